The molecule has 0 radical (unpaired) electrons. The van der Waals surface area contributed by atoms with Crippen molar-refractivity contribution in [2.45, 2.75) is 26.1 Å². The maximum absolute atomic E-state index is 10.5. The van der Waals surface area contributed by atoms with E-state index in [2.05, 4.69) is 19.2 Å². The molecule has 0 aromatic heterocycles. The van der Waals surface area contributed by atoms with Crippen LogP contribution in [0.4, 0.5) is 0 Å². The summed E-state index contributed by atoms with van der Waals surface area (Å²) in [7, 11) is 0. The first-order valence-electron chi connectivity index (χ1n) is 3.98. The van der Waals surface area contributed by atoms with Gasteiger partial charge in [-0.3, -0.25) is 5.32 Å². The quantitative estimate of drug-likeness (QED) is 0.513. The van der Waals surface area contributed by atoms with Crippen LogP contribution in [-0.4, -0.2) is 23.7 Å². The van der Waals surface area contributed by atoms with Crippen LogP contribution in [-0.2, 0) is 4.79 Å². The molecule has 11 heavy (non-hydrogen) atoms. The number of hydrogen-bond acceptors (Lipinski definition) is 3. The van der Waals surface area contributed by atoms with Gasteiger partial charge in [-0.2, -0.15) is 0 Å². The Morgan fingerprint density at radius 3 is 2.36 bits per heavy atom. The van der Waals surface area contributed by atoms with Gasteiger partial charge in [0, 0.05) is 5.92 Å². The molecule has 0 aromatic rings. The molecule has 1 saturated heterocycles. The molecule has 1 aliphatic carbocycles. The van der Waals surface area contributed by atoms with Crippen molar-refractivity contribution in [1.82, 2.24) is 5.32 Å². The van der Waals surface area contributed by atoms with Crippen molar-refractivity contribution in [3.05, 3.63) is 0 Å². The van der Waals surface area contributed by atoms with E-state index in [9.17, 15) is 9.90 Å². The third kappa shape index (κ3) is 0.726. The fraction of sp³-hybridized carbons (Fsp3) is 0.875. The van der Waals surface area contributed by atoms with Crippen LogP contribution in [0.15, 0.2) is 0 Å². The van der Waals surface area contributed by atoms with Crippen LogP contribution in [0, 0.1) is 17.3 Å². The first-order chi connectivity index (χ1) is 5.09. The Labute approximate surface area is 65.8 Å². The third-order valence-electron chi connectivity index (χ3n) is 3.23. The van der Waals surface area contributed by atoms with Gasteiger partial charge in [-0.15, -0.1) is 0 Å². The molecule has 0 spiro atoms. The van der Waals surface area contributed by atoms with Gasteiger partial charge in [0.2, 0.25) is 0 Å². The Kier molecular flexibility index (Phi) is 1.22. The van der Waals surface area contributed by atoms with E-state index in [4.69, 9.17) is 0 Å². The maximum Gasteiger partial charge on any atom is 0.137 e. The highest BCUT2D eigenvalue weighted by molar-refractivity contribution is 5.61. The molecule has 2 aliphatic rings. The van der Waals surface area contributed by atoms with Crippen molar-refractivity contribution in [3.8, 4) is 0 Å². The largest absolute Gasteiger partial charge is 0.378 e. The first kappa shape index (κ1) is 7.25. The predicted molar refractivity (Wildman–Crippen MR) is 39.8 cm³/mol. The number of hydrogen-bond donors (Lipinski definition) is 2. The molecule has 3 nitrogen and oxygen atoms in total. The van der Waals surface area contributed by atoms with Crippen molar-refractivity contribution < 1.29 is 9.90 Å². The molecule has 1 heterocycles. The highest BCUT2D eigenvalue weighted by Gasteiger charge is 2.68. The van der Waals surface area contributed by atoms with E-state index in [0.29, 0.717) is 5.92 Å². The molecule has 2 N–H and O–H groups in total. The molecular weight excluding hydrogens is 142 g/mol. The minimum absolute atomic E-state index is 0.120. The van der Waals surface area contributed by atoms with Gasteiger partial charge in [0.05, 0.1) is 6.04 Å². The van der Waals surface area contributed by atoms with Crippen molar-refractivity contribution in [3.63, 3.8) is 0 Å². The number of aliphatic hydroxyl groups is 1. The van der Waals surface area contributed by atoms with Gasteiger partial charge in [0.15, 0.2) is 0 Å². The second kappa shape index (κ2) is 1.84. The van der Waals surface area contributed by atoms with Gasteiger partial charge in [-0.05, 0) is 11.3 Å². The third-order valence-corrected chi connectivity index (χ3v) is 3.23. The fourth-order valence-electron chi connectivity index (χ4n) is 2.54. The molecule has 1 aliphatic heterocycles. The first-order valence-corrected chi connectivity index (χ1v) is 3.98. The zero-order valence-electron chi connectivity index (χ0n) is 6.74. The lowest BCUT2D eigenvalue weighted by Gasteiger charge is -2.17. The van der Waals surface area contributed by atoms with Crippen molar-refractivity contribution in [2.75, 3.05) is 0 Å². The molecule has 0 aromatic carbocycles. The Morgan fingerprint density at radius 2 is 2.09 bits per heavy atom. The summed E-state index contributed by atoms with van der Waals surface area (Å²) < 4.78 is 0. The molecule has 3 heteroatoms. The number of fused-ring (bicyclic) bond motifs is 1. The van der Waals surface area contributed by atoms with E-state index in [-0.39, 0.29) is 17.4 Å². The van der Waals surface area contributed by atoms with Crippen LogP contribution < -0.4 is 5.32 Å². The zero-order chi connectivity index (χ0) is 8.22. The minimum Gasteiger partial charge on any atom is -0.378 e. The summed E-state index contributed by atoms with van der Waals surface area (Å²) in [6.07, 6.45) is 0.438. The minimum atomic E-state index is -0.467. The lowest BCUT2D eigenvalue weighted by molar-refractivity contribution is -0.110. The SMILES string of the molecule is CC1(C)[C@@H]2[C@@H](C=O)NC(O)[C@@H]21. The molecule has 2 rings (SSSR count). The van der Waals surface area contributed by atoms with Gasteiger partial charge in [0.25, 0.3) is 0 Å². The number of carbonyl (C=O) groups is 1. The van der Waals surface area contributed by atoms with Gasteiger partial charge in [0.1, 0.15) is 12.5 Å². The number of aliphatic hydroxyl groups excluding tert-OH is 1. The summed E-state index contributed by atoms with van der Waals surface area (Å²) >= 11 is 0. The molecular formula is C8H13NO2. The van der Waals surface area contributed by atoms with Crippen LogP contribution in [0.5, 0.6) is 0 Å². The standard InChI is InChI=1S/C8H13NO2/c1-8(2)5-4(3-10)9-7(11)6(5)8/h3-7,9,11H,1-2H3/t4-,5-,6-,7?/m1/s1. The van der Waals surface area contributed by atoms with Gasteiger partial charge in [-0.25, -0.2) is 0 Å². The van der Waals surface area contributed by atoms with Crippen molar-refractivity contribution in [1.29, 1.82) is 0 Å². The van der Waals surface area contributed by atoms with Crippen LogP contribution in [0.3, 0.4) is 0 Å². The van der Waals surface area contributed by atoms with Crippen LogP contribution in [0.2, 0.25) is 0 Å². The fourth-order valence-corrected chi connectivity index (χ4v) is 2.54. The predicted octanol–water partition coefficient (Wildman–Crippen LogP) is -0.252. The molecule has 62 valence electrons. The molecule has 0 amide bonds. The molecule has 1 saturated carbocycles. The van der Waals surface area contributed by atoms with Gasteiger partial charge >= 0.3 is 0 Å². The molecule has 1 unspecified atom stereocenters. The second-order valence-electron chi connectivity index (χ2n) is 4.15. The van der Waals surface area contributed by atoms with Crippen molar-refractivity contribution >= 4 is 6.29 Å². The Hall–Kier alpha value is -0.410. The maximum atomic E-state index is 10.5. The van der Waals surface area contributed by atoms with Crippen LogP contribution in [0.1, 0.15) is 13.8 Å². The van der Waals surface area contributed by atoms with E-state index < -0.39 is 6.23 Å². The summed E-state index contributed by atoms with van der Waals surface area (Å²) in [6.45, 7) is 4.20. The lowest BCUT2D eigenvalue weighted by Crippen LogP contribution is -2.38. The average Bonchev–Trinajstić information content (AvgIpc) is 2.37. The highest BCUT2D eigenvalue weighted by atomic mass is 16.3. The zero-order valence-corrected chi connectivity index (χ0v) is 6.74. The Bertz CT molecular complexity index is 202. The van der Waals surface area contributed by atoms with Crippen molar-refractivity contribution in [2.24, 2.45) is 17.3 Å². The number of piperidine rings is 1. The van der Waals surface area contributed by atoms with E-state index in [1.54, 1.807) is 0 Å². The number of nitrogens with one attached hydrogen (secondary N) is 1. The second-order valence-corrected chi connectivity index (χ2v) is 4.15. The van der Waals surface area contributed by atoms with E-state index in [1.165, 1.54) is 0 Å². The summed E-state index contributed by atoms with van der Waals surface area (Å²) in [5.74, 6) is 0.646. The summed E-state index contributed by atoms with van der Waals surface area (Å²) in [5, 5.41) is 12.3. The smallest absolute Gasteiger partial charge is 0.137 e. The monoisotopic (exact) mass is 155 g/mol. The average molecular weight is 155 g/mol. The molecule has 0 bridgehead atoms. The molecule has 4 atom stereocenters. The Morgan fingerprint density at radius 1 is 1.45 bits per heavy atom. The molecule has 2 fully saturated rings. The van der Waals surface area contributed by atoms with E-state index in [0.717, 1.165) is 6.29 Å². The normalized spacial score (nSPS) is 51.9. The van der Waals surface area contributed by atoms with Crippen LogP contribution in [0.25, 0.3) is 0 Å². The summed E-state index contributed by atoms with van der Waals surface area (Å²) in [4.78, 5) is 10.5. The summed E-state index contributed by atoms with van der Waals surface area (Å²) in [5.41, 5.74) is 0.163. The lowest BCUT2D eigenvalue weighted by atomic mass is 10.0. The van der Waals surface area contributed by atoms with E-state index >= 15 is 0 Å². The van der Waals surface area contributed by atoms with Gasteiger partial charge < -0.3 is 9.90 Å². The number of rotatable bonds is 1. The van der Waals surface area contributed by atoms with Gasteiger partial charge in [-0.1, -0.05) is 13.8 Å². The number of carbonyl (C=O) groups excluding carboxylic acids is 1. The Balaban J connectivity index is 2.18. The topological polar surface area (TPSA) is 49.3 Å². The summed E-state index contributed by atoms with van der Waals surface area (Å²) in [6, 6.07) is -0.120. The highest BCUT2D eigenvalue weighted by Crippen LogP contribution is 2.63. The van der Waals surface area contributed by atoms with Crippen LogP contribution >= 0.6 is 0 Å². The number of aldehydes is 1. The van der Waals surface area contributed by atoms with E-state index in [1.807, 2.05) is 0 Å².